The first-order valence-electron chi connectivity index (χ1n) is 9.64. The minimum Gasteiger partial charge on any atom is -0.383 e. The minimum atomic E-state index is -0.000802. The minimum absolute atomic E-state index is 0.000802. The molecule has 0 aromatic carbocycles. The van der Waals surface area contributed by atoms with E-state index in [4.69, 9.17) is 4.74 Å². The van der Waals surface area contributed by atoms with Crippen LogP contribution in [0.15, 0.2) is 24.5 Å². The molecule has 0 N–H and O–H groups in total. The monoisotopic (exact) mass is 359 g/mol. The Bertz CT molecular complexity index is 596. The maximum Gasteiger partial charge on any atom is 0.226 e. The summed E-state index contributed by atoms with van der Waals surface area (Å²) >= 11 is 0. The van der Waals surface area contributed by atoms with Gasteiger partial charge in [0, 0.05) is 57.5 Å². The Hall–Kier alpha value is -1.95. The SMILES string of the molecule is COCCN(Cc1ccncc1)C(=O)C1CCN(C(=O)C2CCC2)CC1. The van der Waals surface area contributed by atoms with Crippen molar-refractivity contribution < 1.29 is 14.3 Å². The number of nitrogens with zero attached hydrogens (tertiary/aromatic N) is 3. The predicted molar refractivity (Wildman–Crippen MR) is 98.2 cm³/mol. The van der Waals surface area contributed by atoms with Gasteiger partial charge in [0.25, 0.3) is 0 Å². The number of carbonyl (C=O) groups is 2. The summed E-state index contributed by atoms with van der Waals surface area (Å²) in [6, 6.07) is 3.87. The first-order valence-corrected chi connectivity index (χ1v) is 9.64. The van der Waals surface area contributed by atoms with Crippen molar-refractivity contribution in [3.8, 4) is 0 Å². The van der Waals surface area contributed by atoms with Crippen LogP contribution in [0, 0.1) is 11.8 Å². The van der Waals surface area contributed by atoms with Crippen LogP contribution >= 0.6 is 0 Å². The third-order valence-electron chi connectivity index (χ3n) is 5.61. The fraction of sp³-hybridized carbons (Fsp3) is 0.650. The van der Waals surface area contributed by atoms with Gasteiger partial charge in [0.15, 0.2) is 0 Å². The summed E-state index contributed by atoms with van der Waals surface area (Å²) < 4.78 is 5.18. The first kappa shape index (κ1) is 18.8. The second kappa shape index (κ2) is 9.12. The van der Waals surface area contributed by atoms with Gasteiger partial charge in [0.05, 0.1) is 6.61 Å². The van der Waals surface area contributed by atoms with E-state index in [9.17, 15) is 9.59 Å². The highest BCUT2D eigenvalue weighted by atomic mass is 16.5. The number of hydrogen-bond acceptors (Lipinski definition) is 4. The highest BCUT2D eigenvalue weighted by Crippen LogP contribution is 2.30. The number of ether oxygens (including phenoxy) is 1. The van der Waals surface area contributed by atoms with Gasteiger partial charge in [-0.1, -0.05) is 6.42 Å². The van der Waals surface area contributed by atoms with Crippen molar-refractivity contribution in [3.05, 3.63) is 30.1 Å². The van der Waals surface area contributed by atoms with Crippen molar-refractivity contribution in [3.63, 3.8) is 0 Å². The van der Waals surface area contributed by atoms with Crippen LogP contribution in [-0.4, -0.2) is 59.9 Å². The molecule has 6 heteroatoms. The van der Waals surface area contributed by atoms with Gasteiger partial charge in [-0.15, -0.1) is 0 Å². The zero-order chi connectivity index (χ0) is 18.4. The predicted octanol–water partition coefficient (Wildman–Crippen LogP) is 2.10. The van der Waals surface area contributed by atoms with E-state index in [0.717, 1.165) is 31.2 Å². The lowest BCUT2D eigenvalue weighted by Gasteiger charge is -2.37. The molecule has 2 aliphatic rings. The normalized spacial score (nSPS) is 18.4. The molecule has 1 aliphatic carbocycles. The number of hydrogen-bond donors (Lipinski definition) is 0. The summed E-state index contributed by atoms with van der Waals surface area (Å²) in [6.45, 7) is 3.10. The number of likely N-dealkylation sites (tertiary alicyclic amines) is 1. The Kier molecular flexibility index (Phi) is 6.61. The molecule has 6 nitrogen and oxygen atoms in total. The van der Waals surface area contributed by atoms with E-state index < -0.39 is 0 Å². The fourth-order valence-corrected chi connectivity index (χ4v) is 3.70. The number of methoxy groups -OCH3 is 1. The number of carbonyl (C=O) groups excluding carboxylic acids is 2. The third kappa shape index (κ3) is 4.61. The molecule has 1 saturated carbocycles. The molecule has 0 radical (unpaired) electrons. The maximum atomic E-state index is 13.0. The zero-order valence-electron chi connectivity index (χ0n) is 15.6. The molecule has 1 aromatic rings. The molecule has 0 spiro atoms. The highest BCUT2D eigenvalue weighted by molar-refractivity contribution is 5.81. The molecule has 2 fully saturated rings. The van der Waals surface area contributed by atoms with Crippen LogP contribution in [0.1, 0.15) is 37.7 Å². The molecule has 2 heterocycles. The van der Waals surface area contributed by atoms with Crippen LogP contribution in [0.3, 0.4) is 0 Å². The molecule has 26 heavy (non-hydrogen) atoms. The molecule has 0 atom stereocenters. The molecule has 1 aromatic heterocycles. The number of pyridine rings is 1. The lowest BCUT2D eigenvalue weighted by Crippen LogP contribution is -2.47. The molecule has 3 rings (SSSR count). The van der Waals surface area contributed by atoms with Gasteiger partial charge in [-0.2, -0.15) is 0 Å². The fourth-order valence-electron chi connectivity index (χ4n) is 3.70. The molecule has 1 aliphatic heterocycles. The van der Waals surface area contributed by atoms with E-state index in [1.165, 1.54) is 6.42 Å². The van der Waals surface area contributed by atoms with Gasteiger partial charge in [-0.05, 0) is 43.4 Å². The second-order valence-electron chi connectivity index (χ2n) is 7.34. The lowest BCUT2D eigenvalue weighted by molar-refractivity contribution is -0.144. The number of piperidine rings is 1. The Morgan fingerprint density at radius 1 is 1.15 bits per heavy atom. The van der Waals surface area contributed by atoms with Crippen molar-refractivity contribution in [1.82, 2.24) is 14.8 Å². The molecular formula is C20H29N3O3. The van der Waals surface area contributed by atoms with Gasteiger partial charge >= 0.3 is 0 Å². The highest BCUT2D eigenvalue weighted by Gasteiger charge is 2.34. The van der Waals surface area contributed by atoms with E-state index in [2.05, 4.69) is 4.98 Å². The number of amides is 2. The average Bonchev–Trinajstić information content (AvgIpc) is 2.64. The lowest BCUT2D eigenvalue weighted by atomic mass is 9.83. The summed E-state index contributed by atoms with van der Waals surface area (Å²) in [6.07, 6.45) is 8.27. The van der Waals surface area contributed by atoms with Crippen molar-refractivity contribution in [2.45, 2.75) is 38.6 Å². The molecule has 0 bridgehead atoms. The number of aromatic nitrogens is 1. The molecule has 142 valence electrons. The maximum absolute atomic E-state index is 13.0. The van der Waals surface area contributed by atoms with Crippen molar-refractivity contribution in [1.29, 1.82) is 0 Å². The Balaban J connectivity index is 1.55. The van der Waals surface area contributed by atoms with E-state index in [0.29, 0.717) is 38.7 Å². The van der Waals surface area contributed by atoms with Crippen molar-refractivity contribution in [2.75, 3.05) is 33.4 Å². The summed E-state index contributed by atoms with van der Waals surface area (Å²) in [7, 11) is 1.65. The van der Waals surface area contributed by atoms with Crippen molar-refractivity contribution in [2.24, 2.45) is 11.8 Å². The third-order valence-corrected chi connectivity index (χ3v) is 5.61. The standard InChI is InChI=1S/C20H29N3O3/c1-26-14-13-23(15-16-5-9-21-10-6-16)20(25)18-7-11-22(12-8-18)19(24)17-3-2-4-17/h5-6,9-10,17-18H,2-4,7-8,11-15H2,1H3. The molecule has 2 amide bonds. The summed E-state index contributed by atoms with van der Waals surface area (Å²) in [5, 5.41) is 0. The summed E-state index contributed by atoms with van der Waals surface area (Å²) in [5.41, 5.74) is 1.07. The van der Waals surface area contributed by atoms with Gasteiger partial charge in [0.1, 0.15) is 0 Å². The number of rotatable bonds is 7. The second-order valence-corrected chi connectivity index (χ2v) is 7.34. The average molecular weight is 359 g/mol. The van der Waals surface area contributed by atoms with Crippen LogP contribution in [0.4, 0.5) is 0 Å². The topological polar surface area (TPSA) is 62.7 Å². The van der Waals surface area contributed by atoms with E-state index in [1.54, 1.807) is 19.5 Å². The molecule has 0 unspecified atom stereocenters. The van der Waals surface area contributed by atoms with Crippen LogP contribution < -0.4 is 0 Å². The van der Waals surface area contributed by atoms with Crippen LogP contribution in [0.5, 0.6) is 0 Å². The zero-order valence-corrected chi connectivity index (χ0v) is 15.6. The summed E-state index contributed by atoms with van der Waals surface area (Å²) in [4.78, 5) is 33.3. The first-order chi connectivity index (χ1) is 12.7. The van der Waals surface area contributed by atoms with E-state index in [1.807, 2.05) is 21.9 Å². The van der Waals surface area contributed by atoms with Crippen molar-refractivity contribution >= 4 is 11.8 Å². The Morgan fingerprint density at radius 3 is 2.42 bits per heavy atom. The van der Waals surface area contributed by atoms with Gasteiger partial charge in [-0.3, -0.25) is 14.6 Å². The summed E-state index contributed by atoms with van der Waals surface area (Å²) in [5.74, 6) is 0.719. The van der Waals surface area contributed by atoms with Gasteiger partial charge in [-0.25, -0.2) is 0 Å². The van der Waals surface area contributed by atoms with E-state index in [-0.39, 0.29) is 17.7 Å². The molecular weight excluding hydrogens is 330 g/mol. The van der Waals surface area contributed by atoms with Crippen LogP contribution in [-0.2, 0) is 20.9 Å². The molecule has 1 saturated heterocycles. The van der Waals surface area contributed by atoms with Gasteiger partial charge in [0.2, 0.25) is 11.8 Å². The van der Waals surface area contributed by atoms with Crippen LogP contribution in [0.2, 0.25) is 0 Å². The quantitative estimate of drug-likeness (QED) is 0.748. The Morgan fingerprint density at radius 2 is 1.85 bits per heavy atom. The van der Waals surface area contributed by atoms with E-state index >= 15 is 0 Å². The van der Waals surface area contributed by atoms with Gasteiger partial charge < -0.3 is 14.5 Å². The Labute approximate surface area is 155 Å². The smallest absolute Gasteiger partial charge is 0.226 e. The van der Waals surface area contributed by atoms with Crippen LogP contribution in [0.25, 0.3) is 0 Å². The largest absolute Gasteiger partial charge is 0.383 e.